The Hall–Kier alpha value is -3.40. The normalized spacial score (nSPS) is 21.7. The molecule has 1 saturated carbocycles. The Morgan fingerprint density at radius 3 is 2.45 bits per heavy atom. The van der Waals surface area contributed by atoms with Gasteiger partial charge in [0.15, 0.2) is 9.84 Å². The number of aromatic nitrogens is 1. The zero-order chi connectivity index (χ0) is 31.1. The molecule has 1 aliphatic carbocycles. The molecule has 3 fully saturated rings. The number of hydrogen-bond donors (Lipinski definition) is 2. The minimum Gasteiger partial charge on any atom is -0.479 e. The molecule has 0 amide bonds. The van der Waals surface area contributed by atoms with Gasteiger partial charge in [-0.2, -0.15) is 13.2 Å². The molecule has 1 aromatic heterocycles. The van der Waals surface area contributed by atoms with Crippen LogP contribution in [-0.2, 0) is 21.1 Å². The number of nitrogens with zero attached hydrogens (tertiary/aromatic N) is 2. The molecule has 2 aliphatic heterocycles. The summed E-state index contributed by atoms with van der Waals surface area (Å²) in [5.74, 6) is 6.10. The third-order valence-electron chi connectivity index (χ3n) is 8.91. The number of likely N-dealkylation sites (tertiary alicyclic amines) is 1. The molecule has 2 N–H and O–H groups in total. The summed E-state index contributed by atoms with van der Waals surface area (Å²) in [6.07, 6.45) is 0.908. The summed E-state index contributed by atoms with van der Waals surface area (Å²) >= 11 is 0. The fourth-order valence-corrected chi connectivity index (χ4v) is 7.26. The van der Waals surface area contributed by atoms with E-state index >= 15 is 0 Å². The van der Waals surface area contributed by atoms with Crippen molar-refractivity contribution in [2.45, 2.75) is 55.4 Å². The summed E-state index contributed by atoms with van der Waals surface area (Å²) in [5, 5.41) is 7.22. The molecule has 236 valence electrons. The highest BCUT2D eigenvalue weighted by Gasteiger charge is 2.50. The van der Waals surface area contributed by atoms with Crippen LogP contribution in [0.1, 0.15) is 31.4 Å². The average molecular weight is 631 g/mol. The smallest absolute Gasteiger partial charge is 0.406 e. The van der Waals surface area contributed by atoms with E-state index in [-0.39, 0.29) is 23.2 Å². The first kappa shape index (κ1) is 30.6. The van der Waals surface area contributed by atoms with Crippen molar-refractivity contribution in [2.24, 2.45) is 5.41 Å². The Morgan fingerprint density at radius 2 is 1.82 bits per heavy atom. The summed E-state index contributed by atoms with van der Waals surface area (Å²) < 4.78 is 77.0. The summed E-state index contributed by atoms with van der Waals surface area (Å²) in [7, 11) is -1.76. The van der Waals surface area contributed by atoms with E-state index in [1.165, 1.54) is 22.8 Å². The summed E-state index contributed by atoms with van der Waals surface area (Å²) in [6, 6.07) is 12.4. The van der Waals surface area contributed by atoms with Crippen molar-refractivity contribution < 1.29 is 31.1 Å². The van der Waals surface area contributed by atoms with E-state index in [2.05, 4.69) is 27.4 Å². The van der Waals surface area contributed by atoms with Gasteiger partial charge in [0, 0.05) is 55.0 Å². The van der Waals surface area contributed by atoms with E-state index in [1.54, 1.807) is 25.2 Å². The molecular formula is C32H37F3N4O4S. The first-order valence-electron chi connectivity index (χ1n) is 14.8. The maximum atomic E-state index is 13.6. The van der Waals surface area contributed by atoms with Crippen LogP contribution < -0.4 is 15.4 Å². The SMILES string of the molecule is CNc1cc(S(C)(=O)=O)ccc1OCC#Cc1cc2c(NC3CCC(N4CC5(COC5)C4)CC3)cccc2n1CC(F)(F)F. The quantitative estimate of drug-likeness (QED) is 0.334. The highest BCUT2D eigenvalue weighted by molar-refractivity contribution is 7.90. The molecule has 0 unspecified atom stereocenters. The van der Waals surface area contributed by atoms with Gasteiger partial charge in [-0.05, 0) is 68.0 Å². The molecule has 0 atom stereocenters. The summed E-state index contributed by atoms with van der Waals surface area (Å²) in [5.41, 5.74) is 2.39. The van der Waals surface area contributed by atoms with Gasteiger partial charge in [0.2, 0.25) is 0 Å². The second-order valence-electron chi connectivity index (χ2n) is 12.3. The van der Waals surface area contributed by atoms with Crippen molar-refractivity contribution in [3.05, 3.63) is 48.2 Å². The van der Waals surface area contributed by atoms with Gasteiger partial charge in [-0.3, -0.25) is 4.90 Å². The van der Waals surface area contributed by atoms with E-state index in [0.29, 0.717) is 33.8 Å². The van der Waals surface area contributed by atoms with Gasteiger partial charge in [0.1, 0.15) is 18.9 Å². The van der Waals surface area contributed by atoms with E-state index in [1.807, 2.05) is 6.07 Å². The highest BCUT2D eigenvalue weighted by Crippen LogP contribution is 2.41. The topological polar surface area (TPSA) is 84.8 Å². The molecule has 6 rings (SSSR count). The van der Waals surface area contributed by atoms with Gasteiger partial charge in [0.25, 0.3) is 0 Å². The number of hydrogen-bond acceptors (Lipinski definition) is 7. The molecule has 0 radical (unpaired) electrons. The van der Waals surface area contributed by atoms with Gasteiger partial charge in [0.05, 0.1) is 35.0 Å². The third kappa shape index (κ3) is 6.50. The monoisotopic (exact) mass is 630 g/mol. The Bertz CT molecular complexity index is 1690. The van der Waals surface area contributed by atoms with Crippen molar-refractivity contribution in [3.8, 4) is 17.6 Å². The Kier molecular flexibility index (Phi) is 8.24. The number of halogens is 3. The van der Waals surface area contributed by atoms with Crippen molar-refractivity contribution in [3.63, 3.8) is 0 Å². The Labute approximate surface area is 255 Å². The maximum absolute atomic E-state index is 13.6. The molecule has 2 saturated heterocycles. The second kappa shape index (κ2) is 11.8. The van der Waals surface area contributed by atoms with Crippen LogP contribution in [0.5, 0.6) is 5.75 Å². The standard InChI is InChI=1S/C32H37F3N4O4S/c1-36-28-16-25(44(2,40)41)12-13-30(28)43-14-4-5-24-15-26-27(6-3-7-29(26)39(24)19-32(33,34)35)37-22-8-10-23(11-9-22)38-17-31(18-38)20-42-21-31/h3,6-7,12-13,15-16,22-23,36-37H,8-11,14,17-21H2,1-2H3. The number of anilines is 2. The zero-order valence-electron chi connectivity index (χ0n) is 24.8. The van der Waals surface area contributed by atoms with E-state index in [0.717, 1.165) is 63.9 Å². The average Bonchev–Trinajstić information content (AvgIpc) is 3.26. The van der Waals surface area contributed by atoms with Crippen molar-refractivity contribution in [1.82, 2.24) is 9.47 Å². The molecule has 8 nitrogen and oxygen atoms in total. The second-order valence-corrected chi connectivity index (χ2v) is 14.3. The highest BCUT2D eigenvalue weighted by atomic mass is 32.2. The van der Waals surface area contributed by atoms with Crippen LogP contribution in [0.3, 0.4) is 0 Å². The minimum atomic E-state index is -4.43. The minimum absolute atomic E-state index is 0.0973. The lowest BCUT2D eigenvalue weighted by molar-refractivity contribution is -0.200. The van der Waals surface area contributed by atoms with Crippen LogP contribution in [0, 0.1) is 17.3 Å². The molecule has 12 heteroatoms. The number of ether oxygens (including phenoxy) is 2. The van der Waals surface area contributed by atoms with Crippen LogP contribution in [-0.4, -0.2) is 82.4 Å². The van der Waals surface area contributed by atoms with Gasteiger partial charge >= 0.3 is 6.18 Å². The van der Waals surface area contributed by atoms with E-state index in [9.17, 15) is 21.6 Å². The van der Waals surface area contributed by atoms with Gasteiger partial charge in [-0.15, -0.1) is 0 Å². The first-order valence-corrected chi connectivity index (χ1v) is 16.7. The van der Waals surface area contributed by atoms with E-state index < -0.39 is 22.6 Å². The van der Waals surface area contributed by atoms with E-state index in [4.69, 9.17) is 9.47 Å². The number of rotatable bonds is 8. The van der Waals surface area contributed by atoms with Gasteiger partial charge in [-0.25, -0.2) is 8.42 Å². The van der Waals surface area contributed by atoms with Crippen LogP contribution >= 0.6 is 0 Å². The fourth-order valence-electron chi connectivity index (χ4n) is 6.62. The van der Waals surface area contributed by atoms with Crippen molar-refractivity contribution >= 4 is 32.1 Å². The lowest BCUT2D eigenvalue weighted by Gasteiger charge is -2.58. The van der Waals surface area contributed by atoms with Crippen molar-refractivity contribution in [1.29, 1.82) is 0 Å². The molecule has 0 bridgehead atoms. The van der Waals surface area contributed by atoms with Gasteiger partial charge < -0.3 is 24.7 Å². The third-order valence-corrected chi connectivity index (χ3v) is 10.0. The van der Waals surface area contributed by atoms with Crippen LogP contribution in [0.15, 0.2) is 47.4 Å². The molecule has 44 heavy (non-hydrogen) atoms. The maximum Gasteiger partial charge on any atom is 0.406 e. The lowest BCUT2D eigenvalue weighted by Crippen LogP contribution is -2.68. The van der Waals surface area contributed by atoms with Crippen LogP contribution in [0.2, 0.25) is 0 Å². The predicted octanol–water partition coefficient (Wildman–Crippen LogP) is 5.13. The number of sulfone groups is 1. The summed E-state index contributed by atoms with van der Waals surface area (Å²) in [4.78, 5) is 2.72. The molecule has 1 spiro atoms. The predicted molar refractivity (Wildman–Crippen MR) is 164 cm³/mol. The Balaban J connectivity index is 1.16. The lowest BCUT2D eigenvalue weighted by atomic mass is 9.75. The summed E-state index contributed by atoms with van der Waals surface area (Å²) in [6.45, 7) is 2.77. The van der Waals surface area contributed by atoms with Crippen LogP contribution in [0.4, 0.5) is 24.5 Å². The largest absolute Gasteiger partial charge is 0.479 e. The molecular weight excluding hydrogens is 593 g/mol. The number of fused-ring (bicyclic) bond motifs is 1. The number of alkyl halides is 3. The van der Waals surface area contributed by atoms with Crippen molar-refractivity contribution in [2.75, 3.05) is 56.8 Å². The molecule has 2 aromatic carbocycles. The van der Waals surface area contributed by atoms with Gasteiger partial charge in [-0.1, -0.05) is 12.0 Å². The number of nitrogens with one attached hydrogen (secondary N) is 2. The molecule has 3 aliphatic rings. The Morgan fingerprint density at radius 1 is 1.07 bits per heavy atom. The zero-order valence-corrected chi connectivity index (χ0v) is 25.7. The molecule has 3 heterocycles. The number of benzene rings is 2. The van der Waals surface area contributed by atoms with Crippen LogP contribution in [0.25, 0.3) is 10.9 Å². The first-order chi connectivity index (χ1) is 20.9. The fraction of sp³-hybridized carbons (Fsp3) is 0.500. The molecule has 3 aromatic rings.